The van der Waals surface area contributed by atoms with Crippen LogP contribution in [0.5, 0.6) is 0 Å². The Morgan fingerprint density at radius 1 is 0.767 bits per heavy atom. The molecule has 172 valence electrons. The topological polar surface area (TPSA) is 23.2 Å². The highest BCUT2D eigenvalue weighted by Gasteiger charge is 2.56. The molecule has 0 bridgehead atoms. The molecule has 1 aliphatic heterocycles. The van der Waals surface area contributed by atoms with E-state index in [9.17, 15) is 5.11 Å². The minimum absolute atomic E-state index is 0.196. The monoisotopic (exact) mass is 415 g/mol. The first-order valence-electron chi connectivity index (χ1n) is 12.2. The van der Waals surface area contributed by atoms with Gasteiger partial charge in [0.1, 0.15) is 0 Å². The van der Waals surface area contributed by atoms with Gasteiger partial charge >= 0.3 is 0 Å². The summed E-state index contributed by atoms with van der Waals surface area (Å²) in [6.45, 7) is 16.9. The van der Waals surface area contributed by atoms with E-state index in [1.165, 1.54) is 48.0 Å². The summed E-state index contributed by atoms with van der Waals surface area (Å²) >= 11 is 0. The third-order valence-corrected chi connectivity index (χ3v) is 6.53. The van der Waals surface area contributed by atoms with E-state index in [0.29, 0.717) is 12.6 Å². The van der Waals surface area contributed by atoms with Crippen LogP contribution in [0.2, 0.25) is 0 Å². The number of aliphatic hydroxyl groups excluding tert-OH is 1. The van der Waals surface area contributed by atoms with E-state index in [0.717, 1.165) is 38.6 Å². The van der Waals surface area contributed by atoms with Crippen LogP contribution in [0.15, 0.2) is 46.6 Å². The summed E-state index contributed by atoms with van der Waals surface area (Å²) < 4.78 is 0. The van der Waals surface area contributed by atoms with Crippen molar-refractivity contribution in [1.82, 2.24) is 4.90 Å². The molecule has 2 heteroatoms. The molecule has 1 N–H and O–H groups in total. The Kier molecular flexibility index (Phi) is 12.6. The zero-order valence-corrected chi connectivity index (χ0v) is 21.1. The maximum Gasteiger partial charge on any atom is 0.0605 e. The van der Waals surface area contributed by atoms with Crippen LogP contribution in [-0.4, -0.2) is 34.7 Å². The van der Waals surface area contributed by atoms with E-state index in [4.69, 9.17) is 0 Å². The van der Waals surface area contributed by atoms with Gasteiger partial charge in [-0.1, -0.05) is 46.6 Å². The number of rotatable bonds is 15. The fourth-order valence-corrected chi connectivity index (χ4v) is 4.36. The number of hydrogen-bond donors (Lipinski definition) is 1. The van der Waals surface area contributed by atoms with Crippen LogP contribution < -0.4 is 0 Å². The van der Waals surface area contributed by atoms with Crippen LogP contribution in [0.25, 0.3) is 0 Å². The fraction of sp³-hybridized carbons (Fsp3) is 0.714. The van der Waals surface area contributed by atoms with Gasteiger partial charge in [0.15, 0.2) is 0 Å². The lowest BCUT2D eigenvalue weighted by Crippen LogP contribution is -2.15. The van der Waals surface area contributed by atoms with Gasteiger partial charge in [-0.15, -0.1) is 0 Å². The standard InChI is InChI=1S/C28H49NO/c1-23(2)14-11-17-25(5)16-9-8-10-21-29-27(22-30)28(29,7)20-13-19-26(6)18-12-15-24(3)4/h14-16,19,27,30H,8-13,17-18,20-22H2,1-7H3/b25-16+,26-19+/t27-,28-,29?/m0/s1. The molecule has 1 saturated heterocycles. The van der Waals surface area contributed by atoms with Crippen molar-refractivity contribution in [2.24, 2.45) is 0 Å². The number of unbranched alkanes of at least 4 members (excludes halogenated alkanes) is 2. The quantitative estimate of drug-likeness (QED) is 0.168. The van der Waals surface area contributed by atoms with E-state index < -0.39 is 0 Å². The van der Waals surface area contributed by atoms with Crippen molar-refractivity contribution in [3.8, 4) is 0 Å². The first-order valence-corrected chi connectivity index (χ1v) is 12.2. The third-order valence-electron chi connectivity index (χ3n) is 6.53. The zero-order chi connectivity index (χ0) is 22.6. The Balaban J connectivity index is 2.29. The third kappa shape index (κ3) is 10.3. The largest absolute Gasteiger partial charge is 0.395 e. The Morgan fingerprint density at radius 3 is 1.80 bits per heavy atom. The number of nitrogens with zero attached hydrogens (tertiary/aromatic N) is 1. The summed E-state index contributed by atoms with van der Waals surface area (Å²) in [4.78, 5) is 2.53. The number of aliphatic hydroxyl groups is 1. The smallest absolute Gasteiger partial charge is 0.0605 e. The van der Waals surface area contributed by atoms with Crippen molar-refractivity contribution < 1.29 is 5.11 Å². The first kappa shape index (κ1) is 26.9. The highest BCUT2D eigenvalue weighted by molar-refractivity contribution is 5.15. The molecule has 0 spiro atoms. The molecule has 30 heavy (non-hydrogen) atoms. The van der Waals surface area contributed by atoms with Crippen molar-refractivity contribution in [1.29, 1.82) is 0 Å². The SMILES string of the molecule is CC(C)=CCC/C(C)=C/CCCCN1[C@@H](CO)[C@]1(C)CC/C=C(\C)CCC=C(C)C. The molecular formula is C28H49NO. The lowest BCUT2D eigenvalue weighted by molar-refractivity contribution is 0.272. The summed E-state index contributed by atoms with van der Waals surface area (Å²) in [5.74, 6) is 0. The average Bonchev–Trinajstić information content (AvgIpc) is 3.23. The van der Waals surface area contributed by atoms with Crippen LogP contribution in [0.3, 0.4) is 0 Å². The molecule has 0 saturated carbocycles. The predicted molar refractivity (Wildman–Crippen MR) is 134 cm³/mol. The van der Waals surface area contributed by atoms with Gasteiger partial charge < -0.3 is 5.11 Å². The van der Waals surface area contributed by atoms with Crippen LogP contribution in [0, 0.1) is 0 Å². The Labute approximate surface area is 187 Å². The maximum atomic E-state index is 9.81. The predicted octanol–water partition coefficient (Wildman–Crippen LogP) is 7.76. The second kappa shape index (κ2) is 14.0. The lowest BCUT2D eigenvalue weighted by atomic mass is 9.99. The lowest BCUT2D eigenvalue weighted by Gasteiger charge is -2.11. The van der Waals surface area contributed by atoms with Gasteiger partial charge in [0.05, 0.1) is 12.6 Å². The van der Waals surface area contributed by atoms with Crippen LogP contribution in [-0.2, 0) is 0 Å². The Hall–Kier alpha value is -1.12. The van der Waals surface area contributed by atoms with Gasteiger partial charge in [-0.2, -0.15) is 0 Å². The second-order valence-corrected chi connectivity index (χ2v) is 10.0. The van der Waals surface area contributed by atoms with Gasteiger partial charge in [-0.05, 0) is 113 Å². The normalized spacial score (nSPS) is 24.0. The summed E-state index contributed by atoms with van der Waals surface area (Å²) in [7, 11) is 0. The molecule has 1 fully saturated rings. The van der Waals surface area contributed by atoms with Crippen molar-refractivity contribution >= 4 is 0 Å². The Morgan fingerprint density at radius 2 is 1.30 bits per heavy atom. The molecule has 0 radical (unpaired) electrons. The van der Waals surface area contributed by atoms with E-state index in [1.807, 2.05) is 0 Å². The van der Waals surface area contributed by atoms with Gasteiger partial charge in [0.2, 0.25) is 0 Å². The highest BCUT2D eigenvalue weighted by atomic mass is 16.3. The molecule has 1 rings (SSSR count). The summed E-state index contributed by atoms with van der Waals surface area (Å²) in [6, 6.07) is 0.359. The Bertz CT molecular complexity index is 617. The molecule has 0 aromatic carbocycles. The van der Waals surface area contributed by atoms with Crippen molar-refractivity contribution in [2.75, 3.05) is 13.2 Å². The van der Waals surface area contributed by atoms with Crippen molar-refractivity contribution in [3.05, 3.63) is 46.6 Å². The van der Waals surface area contributed by atoms with Crippen LogP contribution in [0.1, 0.15) is 106 Å². The molecule has 0 amide bonds. The highest BCUT2D eigenvalue weighted by Crippen LogP contribution is 2.44. The fourth-order valence-electron chi connectivity index (χ4n) is 4.36. The molecule has 1 heterocycles. The van der Waals surface area contributed by atoms with E-state index in [1.54, 1.807) is 0 Å². The molecule has 0 aromatic rings. The van der Waals surface area contributed by atoms with E-state index >= 15 is 0 Å². The van der Waals surface area contributed by atoms with Crippen molar-refractivity contribution in [3.63, 3.8) is 0 Å². The molecular weight excluding hydrogens is 366 g/mol. The second-order valence-electron chi connectivity index (χ2n) is 10.0. The van der Waals surface area contributed by atoms with Gasteiger partial charge in [0, 0.05) is 5.54 Å². The summed E-state index contributed by atoms with van der Waals surface area (Å²) in [6.07, 6.45) is 20.1. The van der Waals surface area contributed by atoms with Crippen molar-refractivity contribution in [2.45, 2.75) is 118 Å². The zero-order valence-electron chi connectivity index (χ0n) is 21.1. The van der Waals surface area contributed by atoms with Gasteiger partial charge in [0.25, 0.3) is 0 Å². The summed E-state index contributed by atoms with van der Waals surface area (Å²) in [5, 5.41) is 9.81. The number of hydrogen-bond acceptors (Lipinski definition) is 2. The molecule has 2 nitrogen and oxygen atoms in total. The summed E-state index contributed by atoms with van der Waals surface area (Å²) in [5.41, 5.74) is 6.03. The van der Waals surface area contributed by atoms with E-state index in [2.05, 4.69) is 77.7 Å². The molecule has 0 aromatic heterocycles. The van der Waals surface area contributed by atoms with Crippen LogP contribution in [0.4, 0.5) is 0 Å². The average molecular weight is 416 g/mol. The van der Waals surface area contributed by atoms with E-state index in [-0.39, 0.29) is 5.54 Å². The van der Waals surface area contributed by atoms with Crippen LogP contribution >= 0.6 is 0 Å². The molecule has 0 aliphatic carbocycles. The van der Waals surface area contributed by atoms with Gasteiger partial charge in [-0.25, -0.2) is 0 Å². The minimum Gasteiger partial charge on any atom is -0.395 e. The first-order chi connectivity index (χ1) is 14.2. The maximum absolute atomic E-state index is 9.81. The minimum atomic E-state index is 0.196. The molecule has 1 unspecified atom stereocenters. The molecule has 3 atom stereocenters. The molecule has 1 aliphatic rings. The van der Waals surface area contributed by atoms with Gasteiger partial charge in [-0.3, -0.25) is 4.90 Å². The number of allylic oxidation sites excluding steroid dienone is 8.